The molecule has 0 radical (unpaired) electrons. The lowest BCUT2D eigenvalue weighted by Gasteiger charge is -2.28. The third-order valence-electron chi connectivity index (χ3n) is 6.20. The van der Waals surface area contributed by atoms with Crippen LogP contribution in [0.5, 0.6) is 0 Å². The summed E-state index contributed by atoms with van der Waals surface area (Å²) in [6, 6.07) is 24.1. The molecule has 1 aliphatic heterocycles. The second-order valence-electron chi connectivity index (χ2n) is 7.64. The van der Waals surface area contributed by atoms with Crippen LogP contribution >= 0.6 is 0 Å². The van der Waals surface area contributed by atoms with Crippen molar-refractivity contribution >= 4 is 28.3 Å². The lowest BCUT2D eigenvalue weighted by molar-refractivity contribution is -0.122. The highest BCUT2D eigenvalue weighted by Crippen LogP contribution is 2.46. The topological polar surface area (TPSA) is 37.4 Å². The smallest absolute Gasteiger partial charge is 0.237 e. The molecule has 0 aromatic heterocycles. The summed E-state index contributed by atoms with van der Waals surface area (Å²) in [5, 5.41) is 2.01. The molecule has 1 saturated carbocycles. The largest absolute Gasteiger partial charge is 0.274 e. The Bertz CT molecular complexity index is 1020. The molecule has 1 aliphatic carbocycles. The van der Waals surface area contributed by atoms with Crippen LogP contribution in [0.3, 0.4) is 0 Å². The van der Waals surface area contributed by atoms with Gasteiger partial charge in [-0.25, -0.2) is 4.90 Å². The standard InChI is InChI=1S/C24H21NO2/c26-23-20-14-13-18(16-7-2-1-3-8-16)15-21(20)24(27)25(23)22-12-6-10-17-9-4-5-11-19(17)22/h1-12,18,20-21H,13-15H2/t18-,20-,21+/m1/s1. The van der Waals surface area contributed by atoms with Crippen LogP contribution in [-0.2, 0) is 9.59 Å². The van der Waals surface area contributed by atoms with Crippen LogP contribution in [0.4, 0.5) is 5.69 Å². The molecule has 0 bridgehead atoms. The van der Waals surface area contributed by atoms with Gasteiger partial charge in [0.15, 0.2) is 0 Å². The molecule has 0 N–H and O–H groups in total. The normalized spacial score (nSPS) is 25.0. The van der Waals surface area contributed by atoms with Crippen molar-refractivity contribution in [1.29, 1.82) is 0 Å². The van der Waals surface area contributed by atoms with Crippen molar-refractivity contribution in [2.45, 2.75) is 25.2 Å². The highest BCUT2D eigenvalue weighted by atomic mass is 16.2. The summed E-state index contributed by atoms with van der Waals surface area (Å²) in [7, 11) is 0. The molecule has 27 heavy (non-hydrogen) atoms. The van der Waals surface area contributed by atoms with Crippen molar-refractivity contribution in [3.05, 3.63) is 78.4 Å². The molecule has 2 aliphatic rings. The fourth-order valence-corrected chi connectivity index (χ4v) is 4.85. The van der Waals surface area contributed by atoms with Crippen LogP contribution in [0, 0.1) is 11.8 Å². The average molecular weight is 355 g/mol. The van der Waals surface area contributed by atoms with Gasteiger partial charge in [-0.15, -0.1) is 0 Å². The molecule has 3 nitrogen and oxygen atoms in total. The minimum atomic E-state index is -0.199. The van der Waals surface area contributed by atoms with E-state index >= 15 is 0 Å². The minimum absolute atomic E-state index is 0.0205. The summed E-state index contributed by atoms with van der Waals surface area (Å²) in [6.45, 7) is 0. The SMILES string of the molecule is O=C1[C@H]2C[C@H](c3ccccc3)CC[C@H]2C(=O)N1c1cccc2ccccc12. The van der Waals surface area contributed by atoms with Crippen LogP contribution in [0.25, 0.3) is 10.8 Å². The van der Waals surface area contributed by atoms with Gasteiger partial charge in [-0.2, -0.15) is 0 Å². The minimum Gasteiger partial charge on any atom is -0.274 e. The molecule has 3 aromatic carbocycles. The number of nitrogens with zero attached hydrogens (tertiary/aromatic N) is 1. The van der Waals surface area contributed by atoms with Crippen LogP contribution in [0.2, 0.25) is 0 Å². The van der Waals surface area contributed by atoms with Crippen molar-refractivity contribution in [2.75, 3.05) is 4.90 Å². The Labute approximate surface area is 158 Å². The van der Waals surface area contributed by atoms with Crippen LogP contribution in [0.1, 0.15) is 30.7 Å². The lowest BCUT2D eigenvalue weighted by atomic mass is 9.73. The zero-order valence-corrected chi connectivity index (χ0v) is 15.0. The van der Waals surface area contributed by atoms with E-state index < -0.39 is 0 Å². The summed E-state index contributed by atoms with van der Waals surface area (Å²) >= 11 is 0. The number of benzene rings is 3. The first-order chi connectivity index (χ1) is 13.2. The zero-order valence-electron chi connectivity index (χ0n) is 15.0. The van der Waals surface area contributed by atoms with E-state index in [1.165, 1.54) is 10.5 Å². The maximum Gasteiger partial charge on any atom is 0.237 e. The predicted molar refractivity (Wildman–Crippen MR) is 106 cm³/mol. The van der Waals surface area contributed by atoms with Gasteiger partial charge in [-0.3, -0.25) is 9.59 Å². The Morgan fingerprint density at radius 1 is 0.704 bits per heavy atom. The second kappa shape index (κ2) is 6.34. The summed E-state index contributed by atoms with van der Waals surface area (Å²) in [4.78, 5) is 27.9. The first-order valence-electron chi connectivity index (χ1n) is 9.64. The molecular formula is C24H21NO2. The van der Waals surface area contributed by atoms with Gasteiger partial charge in [0.1, 0.15) is 0 Å². The molecule has 2 fully saturated rings. The van der Waals surface area contributed by atoms with E-state index in [-0.39, 0.29) is 23.7 Å². The average Bonchev–Trinajstić information content (AvgIpc) is 2.98. The maximum absolute atomic E-state index is 13.3. The second-order valence-corrected chi connectivity index (χ2v) is 7.64. The number of hydrogen-bond acceptors (Lipinski definition) is 2. The lowest BCUT2D eigenvalue weighted by Crippen LogP contribution is -2.31. The van der Waals surface area contributed by atoms with Crippen molar-refractivity contribution in [1.82, 2.24) is 0 Å². The van der Waals surface area contributed by atoms with Crippen LogP contribution < -0.4 is 4.90 Å². The number of imide groups is 1. The van der Waals surface area contributed by atoms with E-state index in [0.29, 0.717) is 5.92 Å². The van der Waals surface area contributed by atoms with Crippen molar-refractivity contribution < 1.29 is 9.59 Å². The molecule has 2 amide bonds. The fraction of sp³-hybridized carbons (Fsp3) is 0.250. The summed E-state index contributed by atoms with van der Waals surface area (Å²) in [6.07, 6.45) is 2.52. The molecule has 1 heterocycles. The van der Waals surface area contributed by atoms with Crippen LogP contribution in [-0.4, -0.2) is 11.8 Å². The molecule has 5 rings (SSSR count). The zero-order chi connectivity index (χ0) is 18.4. The van der Waals surface area contributed by atoms with Crippen molar-refractivity contribution in [2.24, 2.45) is 11.8 Å². The molecule has 0 unspecified atom stereocenters. The Balaban J connectivity index is 1.50. The molecule has 3 atom stereocenters. The third-order valence-corrected chi connectivity index (χ3v) is 6.20. The highest BCUT2D eigenvalue weighted by Gasteiger charge is 2.50. The Kier molecular flexibility index (Phi) is 3.82. The number of hydrogen-bond donors (Lipinski definition) is 0. The number of carbonyl (C=O) groups excluding carboxylic acids is 2. The van der Waals surface area contributed by atoms with Gasteiger partial charge < -0.3 is 0 Å². The van der Waals surface area contributed by atoms with Gasteiger partial charge in [0.2, 0.25) is 11.8 Å². The van der Waals surface area contributed by atoms with E-state index in [4.69, 9.17) is 0 Å². The fourth-order valence-electron chi connectivity index (χ4n) is 4.85. The first kappa shape index (κ1) is 16.2. The van der Waals surface area contributed by atoms with E-state index in [1.807, 2.05) is 60.7 Å². The monoisotopic (exact) mass is 355 g/mol. The van der Waals surface area contributed by atoms with Gasteiger partial charge in [0, 0.05) is 5.39 Å². The van der Waals surface area contributed by atoms with E-state index in [2.05, 4.69) is 12.1 Å². The highest BCUT2D eigenvalue weighted by molar-refractivity contribution is 6.25. The van der Waals surface area contributed by atoms with Gasteiger partial charge in [0.25, 0.3) is 0 Å². The molecule has 3 aromatic rings. The van der Waals surface area contributed by atoms with Gasteiger partial charge >= 0.3 is 0 Å². The van der Waals surface area contributed by atoms with Gasteiger partial charge in [-0.1, -0.05) is 66.7 Å². The summed E-state index contributed by atoms with van der Waals surface area (Å²) in [5.41, 5.74) is 2.01. The number of anilines is 1. The molecule has 0 spiro atoms. The van der Waals surface area contributed by atoms with E-state index in [0.717, 1.165) is 35.7 Å². The third kappa shape index (κ3) is 2.57. The predicted octanol–water partition coefficient (Wildman–Crippen LogP) is 4.91. The maximum atomic E-state index is 13.3. The molecular weight excluding hydrogens is 334 g/mol. The number of amides is 2. The molecule has 134 valence electrons. The molecule has 1 saturated heterocycles. The van der Waals surface area contributed by atoms with Crippen molar-refractivity contribution in [3.8, 4) is 0 Å². The number of carbonyl (C=O) groups is 2. The van der Waals surface area contributed by atoms with Crippen molar-refractivity contribution in [3.63, 3.8) is 0 Å². The molecule has 3 heteroatoms. The summed E-state index contributed by atoms with van der Waals surface area (Å²) in [5.74, 6) is -0.0571. The van der Waals surface area contributed by atoms with E-state index in [9.17, 15) is 9.59 Å². The quantitative estimate of drug-likeness (QED) is 0.612. The summed E-state index contributed by atoms with van der Waals surface area (Å²) < 4.78 is 0. The Morgan fingerprint density at radius 3 is 2.26 bits per heavy atom. The Hall–Kier alpha value is -2.94. The first-order valence-corrected chi connectivity index (χ1v) is 9.64. The van der Waals surface area contributed by atoms with Crippen LogP contribution in [0.15, 0.2) is 72.8 Å². The van der Waals surface area contributed by atoms with Gasteiger partial charge in [0.05, 0.1) is 17.5 Å². The van der Waals surface area contributed by atoms with Gasteiger partial charge in [-0.05, 0) is 42.2 Å². The number of rotatable bonds is 2. The Morgan fingerprint density at radius 2 is 1.41 bits per heavy atom. The number of fused-ring (bicyclic) bond motifs is 2. The van der Waals surface area contributed by atoms with E-state index in [1.54, 1.807) is 0 Å².